The highest BCUT2D eigenvalue weighted by molar-refractivity contribution is 6.33. The number of rotatable bonds is 3. The van der Waals surface area contributed by atoms with Crippen molar-refractivity contribution in [2.24, 2.45) is 10.9 Å². The molecule has 0 fully saturated rings. The molecule has 0 atom stereocenters. The standard InChI is InChI=1S/C8H9ClFN3O/c9-5-2-1-3-6(10)8(5)12-4-7(11)13-14/h1-3,12,14H,4H2,(H2,11,13). The van der Waals surface area contributed by atoms with Crippen molar-refractivity contribution in [3.8, 4) is 0 Å². The van der Waals surface area contributed by atoms with E-state index in [4.69, 9.17) is 22.5 Å². The first-order chi connectivity index (χ1) is 6.65. The van der Waals surface area contributed by atoms with Crippen molar-refractivity contribution in [2.75, 3.05) is 11.9 Å². The Bertz CT molecular complexity index is 336. The highest BCUT2D eigenvalue weighted by Gasteiger charge is 2.05. The molecule has 4 N–H and O–H groups in total. The second-order valence-corrected chi connectivity index (χ2v) is 2.95. The molecule has 0 amide bonds. The lowest BCUT2D eigenvalue weighted by Crippen LogP contribution is -2.23. The van der Waals surface area contributed by atoms with Crippen LogP contribution >= 0.6 is 11.6 Å². The maximum Gasteiger partial charge on any atom is 0.158 e. The summed E-state index contributed by atoms with van der Waals surface area (Å²) in [6.45, 7) is 0.0250. The van der Waals surface area contributed by atoms with Gasteiger partial charge in [-0.1, -0.05) is 22.8 Å². The van der Waals surface area contributed by atoms with Crippen molar-refractivity contribution < 1.29 is 9.60 Å². The van der Waals surface area contributed by atoms with E-state index >= 15 is 0 Å². The lowest BCUT2D eigenvalue weighted by Gasteiger charge is -2.07. The molecule has 0 aliphatic heterocycles. The molecule has 1 rings (SSSR count). The third kappa shape index (κ3) is 2.50. The molecule has 4 nitrogen and oxygen atoms in total. The van der Waals surface area contributed by atoms with E-state index < -0.39 is 5.82 Å². The van der Waals surface area contributed by atoms with Crippen LogP contribution in [-0.2, 0) is 0 Å². The van der Waals surface area contributed by atoms with Gasteiger partial charge in [-0.15, -0.1) is 0 Å². The summed E-state index contributed by atoms with van der Waals surface area (Å²) in [6, 6.07) is 4.30. The number of nitrogens with one attached hydrogen (secondary N) is 1. The summed E-state index contributed by atoms with van der Waals surface area (Å²) in [5, 5.41) is 13.8. The molecule has 0 aliphatic rings. The summed E-state index contributed by atoms with van der Waals surface area (Å²) in [4.78, 5) is 0. The van der Waals surface area contributed by atoms with Crippen LogP contribution in [0, 0.1) is 5.82 Å². The van der Waals surface area contributed by atoms with Crippen molar-refractivity contribution in [3.05, 3.63) is 29.0 Å². The van der Waals surface area contributed by atoms with Gasteiger partial charge in [-0.2, -0.15) is 0 Å². The molecule has 0 bridgehead atoms. The number of halogens is 2. The average molecular weight is 218 g/mol. The van der Waals surface area contributed by atoms with Crippen LogP contribution in [0.2, 0.25) is 5.02 Å². The number of hydrogen-bond donors (Lipinski definition) is 3. The van der Waals surface area contributed by atoms with Gasteiger partial charge >= 0.3 is 0 Å². The van der Waals surface area contributed by atoms with Crippen LogP contribution in [0.5, 0.6) is 0 Å². The highest BCUT2D eigenvalue weighted by Crippen LogP contribution is 2.23. The molecule has 0 heterocycles. The van der Waals surface area contributed by atoms with Crippen molar-refractivity contribution in [3.63, 3.8) is 0 Å². The van der Waals surface area contributed by atoms with Gasteiger partial charge in [0.1, 0.15) is 5.82 Å². The smallest absolute Gasteiger partial charge is 0.158 e. The predicted octanol–water partition coefficient (Wildman–Crippen LogP) is 1.64. The fourth-order valence-electron chi connectivity index (χ4n) is 0.881. The van der Waals surface area contributed by atoms with Crippen LogP contribution in [0.25, 0.3) is 0 Å². The predicted molar refractivity (Wildman–Crippen MR) is 53.3 cm³/mol. The van der Waals surface area contributed by atoms with E-state index in [1.165, 1.54) is 12.1 Å². The quantitative estimate of drug-likeness (QED) is 0.312. The summed E-state index contributed by atoms with van der Waals surface area (Å²) in [7, 11) is 0. The average Bonchev–Trinajstić information content (AvgIpc) is 2.16. The van der Waals surface area contributed by atoms with Crippen LogP contribution < -0.4 is 11.1 Å². The molecule has 0 saturated heterocycles. The normalized spacial score (nSPS) is 11.4. The van der Waals surface area contributed by atoms with Gasteiger partial charge in [-0.3, -0.25) is 0 Å². The summed E-state index contributed by atoms with van der Waals surface area (Å²) in [6.07, 6.45) is 0. The van der Waals surface area contributed by atoms with Crippen molar-refractivity contribution in [1.82, 2.24) is 0 Å². The second-order valence-electron chi connectivity index (χ2n) is 2.54. The zero-order valence-corrected chi connectivity index (χ0v) is 7.92. The van der Waals surface area contributed by atoms with E-state index in [2.05, 4.69) is 10.5 Å². The maximum atomic E-state index is 13.1. The Morgan fingerprint density at radius 2 is 2.36 bits per heavy atom. The number of para-hydroxylation sites is 1. The fraction of sp³-hybridized carbons (Fsp3) is 0.125. The number of benzene rings is 1. The fourth-order valence-corrected chi connectivity index (χ4v) is 1.11. The number of oxime groups is 1. The molecule has 1 aromatic carbocycles. The van der Waals surface area contributed by atoms with E-state index in [1.807, 2.05) is 0 Å². The van der Waals surface area contributed by atoms with Crippen molar-refractivity contribution >= 4 is 23.1 Å². The van der Waals surface area contributed by atoms with Crippen LogP contribution in [0.15, 0.2) is 23.4 Å². The van der Waals surface area contributed by atoms with Crippen molar-refractivity contribution in [2.45, 2.75) is 0 Å². The summed E-state index contributed by atoms with van der Waals surface area (Å²) in [5.74, 6) is -0.535. The minimum Gasteiger partial charge on any atom is -0.409 e. The molecule has 0 saturated carbocycles. The molecule has 0 spiro atoms. The Labute approximate surface area is 85.2 Å². The Balaban J connectivity index is 2.76. The minimum absolute atomic E-state index is 0.0250. The highest BCUT2D eigenvalue weighted by atomic mass is 35.5. The second kappa shape index (κ2) is 4.66. The first-order valence-corrected chi connectivity index (χ1v) is 4.17. The van der Waals surface area contributed by atoms with Crippen LogP contribution in [0.4, 0.5) is 10.1 Å². The lowest BCUT2D eigenvalue weighted by molar-refractivity contribution is 0.317. The molecule has 0 unspecified atom stereocenters. The third-order valence-corrected chi connectivity index (χ3v) is 1.85. The van der Waals surface area contributed by atoms with Gasteiger partial charge < -0.3 is 16.3 Å². The molecule has 6 heteroatoms. The molecular formula is C8H9ClFN3O. The maximum absolute atomic E-state index is 13.1. The molecule has 0 aliphatic carbocycles. The Kier molecular flexibility index (Phi) is 3.53. The van der Waals surface area contributed by atoms with Gasteiger partial charge in [0, 0.05) is 0 Å². The third-order valence-electron chi connectivity index (χ3n) is 1.54. The van der Waals surface area contributed by atoms with E-state index in [9.17, 15) is 4.39 Å². The Hall–Kier alpha value is -1.49. The number of nitrogens with zero attached hydrogens (tertiary/aromatic N) is 1. The molecular weight excluding hydrogens is 209 g/mol. The van der Waals surface area contributed by atoms with E-state index in [1.54, 1.807) is 6.07 Å². The zero-order chi connectivity index (χ0) is 10.6. The first-order valence-electron chi connectivity index (χ1n) is 3.79. The monoisotopic (exact) mass is 217 g/mol. The topological polar surface area (TPSA) is 70.6 Å². The van der Waals surface area contributed by atoms with Crippen LogP contribution in [-0.4, -0.2) is 17.6 Å². The SMILES string of the molecule is N/C(CNc1c(F)cccc1Cl)=N/O. The molecule has 1 aromatic rings. The van der Waals surface area contributed by atoms with Gasteiger partial charge in [-0.25, -0.2) is 4.39 Å². The van der Waals surface area contributed by atoms with Gasteiger partial charge in [0.25, 0.3) is 0 Å². The van der Waals surface area contributed by atoms with Crippen LogP contribution in [0.1, 0.15) is 0 Å². The van der Waals surface area contributed by atoms with E-state index in [-0.39, 0.29) is 23.1 Å². The van der Waals surface area contributed by atoms with Gasteiger partial charge in [-0.05, 0) is 12.1 Å². The number of hydrogen-bond acceptors (Lipinski definition) is 3. The summed E-state index contributed by atoms with van der Waals surface area (Å²) < 4.78 is 13.1. The van der Waals surface area contributed by atoms with Crippen LogP contribution in [0.3, 0.4) is 0 Å². The van der Waals surface area contributed by atoms with E-state index in [0.29, 0.717) is 0 Å². The Morgan fingerprint density at radius 1 is 1.64 bits per heavy atom. The number of nitrogens with two attached hydrogens (primary N) is 1. The minimum atomic E-state index is -0.483. The van der Waals surface area contributed by atoms with Crippen molar-refractivity contribution in [1.29, 1.82) is 0 Å². The molecule has 0 radical (unpaired) electrons. The number of anilines is 1. The van der Waals surface area contributed by atoms with Gasteiger partial charge in [0.05, 0.1) is 17.3 Å². The number of amidine groups is 1. The first kappa shape index (κ1) is 10.6. The summed E-state index contributed by atoms with van der Waals surface area (Å²) in [5.41, 5.74) is 5.33. The summed E-state index contributed by atoms with van der Waals surface area (Å²) >= 11 is 5.71. The molecule has 0 aromatic heterocycles. The van der Waals surface area contributed by atoms with E-state index in [0.717, 1.165) is 0 Å². The molecule has 76 valence electrons. The van der Waals surface area contributed by atoms with Gasteiger partial charge in [0.15, 0.2) is 5.84 Å². The molecule has 14 heavy (non-hydrogen) atoms. The van der Waals surface area contributed by atoms with Gasteiger partial charge in [0.2, 0.25) is 0 Å². The lowest BCUT2D eigenvalue weighted by atomic mass is 10.3. The Morgan fingerprint density at radius 3 is 2.93 bits per heavy atom. The largest absolute Gasteiger partial charge is 0.409 e. The zero-order valence-electron chi connectivity index (χ0n) is 7.17.